The van der Waals surface area contributed by atoms with E-state index in [0.717, 1.165) is 49.2 Å². The molecule has 0 saturated heterocycles. The van der Waals surface area contributed by atoms with Gasteiger partial charge in [0, 0.05) is 16.7 Å². The van der Waals surface area contributed by atoms with E-state index in [2.05, 4.69) is 0 Å². The molecule has 7 aromatic rings. The Balaban J connectivity index is 1.72. The maximum atomic E-state index is 15.9. The summed E-state index contributed by atoms with van der Waals surface area (Å²) in [7, 11) is -3.88. The Morgan fingerprint density at radius 2 is 0.842 bits per heavy atom. The van der Waals surface area contributed by atoms with Crippen LogP contribution >= 0.6 is 7.14 Å². The Morgan fingerprint density at radius 1 is 0.421 bits per heavy atom. The molecule has 0 aromatic heterocycles. The quantitative estimate of drug-likeness (QED) is 0.172. The van der Waals surface area contributed by atoms with E-state index in [9.17, 15) is 4.39 Å². The van der Waals surface area contributed by atoms with Gasteiger partial charge in [-0.3, -0.25) is 0 Å². The van der Waals surface area contributed by atoms with E-state index >= 15 is 8.96 Å². The average Bonchev–Trinajstić information content (AvgIpc) is 2.96. The molecule has 0 N–H and O–H groups in total. The minimum Gasteiger partial charge on any atom is -0.308 e. The van der Waals surface area contributed by atoms with Gasteiger partial charge < -0.3 is 4.57 Å². The summed E-state index contributed by atoms with van der Waals surface area (Å²) in [4.78, 5) is 0. The molecule has 7 rings (SSSR count). The van der Waals surface area contributed by atoms with Gasteiger partial charge in [-0.1, -0.05) is 97.1 Å². The SMILES string of the molecule is O=P(c1ccc(F)cc1F)(c1cc2ccccc2c2ccccc12)c1cc2ccccc2c2ccccc12. The van der Waals surface area contributed by atoms with Crippen molar-refractivity contribution < 1.29 is 13.3 Å². The van der Waals surface area contributed by atoms with Crippen LogP contribution in [0.2, 0.25) is 0 Å². The predicted molar refractivity (Wildman–Crippen MR) is 156 cm³/mol. The highest BCUT2D eigenvalue weighted by molar-refractivity contribution is 7.86. The minimum atomic E-state index is -3.88. The Kier molecular flexibility index (Phi) is 5.18. The fraction of sp³-hybridized carbons (Fsp3) is 0. The summed E-state index contributed by atoms with van der Waals surface area (Å²) < 4.78 is 45.8. The molecular formula is C34H21F2OP. The van der Waals surface area contributed by atoms with E-state index in [4.69, 9.17) is 0 Å². The lowest BCUT2D eigenvalue weighted by atomic mass is 10.0. The molecule has 0 aliphatic heterocycles. The monoisotopic (exact) mass is 514 g/mol. The maximum absolute atomic E-state index is 15.9. The van der Waals surface area contributed by atoms with Gasteiger partial charge in [-0.05, 0) is 67.4 Å². The van der Waals surface area contributed by atoms with Gasteiger partial charge in [-0.2, -0.15) is 0 Å². The second-order valence-corrected chi connectivity index (χ2v) is 12.2. The zero-order chi connectivity index (χ0) is 25.9. The molecule has 0 unspecified atom stereocenters. The van der Waals surface area contributed by atoms with E-state index in [-0.39, 0.29) is 5.30 Å². The van der Waals surface area contributed by atoms with Gasteiger partial charge in [0.1, 0.15) is 11.6 Å². The predicted octanol–water partition coefficient (Wildman–Crippen LogP) is 8.22. The van der Waals surface area contributed by atoms with Crippen LogP contribution in [0.1, 0.15) is 0 Å². The first kappa shape index (κ1) is 22.8. The van der Waals surface area contributed by atoms with Crippen molar-refractivity contribution in [2.24, 2.45) is 0 Å². The van der Waals surface area contributed by atoms with E-state index in [0.29, 0.717) is 10.6 Å². The molecule has 0 aliphatic rings. The highest BCUT2D eigenvalue weighted by Crippen LogP contribution is 2.49. The van der Waals surface area contributed by atoms with Crippen LogP contribution in [0, 0.1) is 11.6 Å². The molecule has 0 amide bonds. The number of fused-ring (bicyclic) bond motifs is 6. The van der Waals surface area contributed by atoms with Crippen molar-refractivity contribution in [3.63, 3.8) is 0 Å². The first-order valence-electron chi connectivity index (χ1n) is 12.4. The molecule has 0 spiro atoms. The van der Waals surface area contributed by atoms with Crippen LogP contribution in [0.15, 0.2) is 127 Å². The largest absolute Gasteiger partial charge is 0.308 e. The zero-order valence-corrected chi connectivity index (χ0v) is 21.1. The first-order valence-corrected chi connectivity index (χ1v) is 14.1. The van der Waals surface area contributed by atoms with Crippen LogP contribution in [0.4, 0.5) is 8.78 Å². The van der Waals surface area contributed by atoms with Gasteiger partial charge in [0.15, 0.2) is 7.14 Å². The number of halogens is 2. The van der Waals surface area contributed by atoms with Crippen molar-refractivity contribution in [2.45, 2.75) is 0 Å². The van der Waals surface area contributed by atoms with Crippen LogP contribution in [0.25, 0.3) is 43.1 Å². The van der Waals surface area contributed by atoms with E-state index in [1.54, 1.807) is 0 Å². The van der Waals surface area contributed by atoms with Crippen molar-refractivity contribution in [1.29, 1.82) is 0 Å². The van der Waals surface area contributed by atoms with Crippen molar-refractivity contribution in [3.8, 4) is 0 Å². The van der Waals surface area contributed by atoms with Gasteiger partial charge in [-0.25, -0.2) is 8.78 Å². The summed E-state index contributed by atoms with van der Waals surface area (Å²) >= 11 is 0. The Hall–Kier alpha value is -4.33. The summed E-state index contributed by atoms with van der Waals surface area (Å²) in [5.74, 6) is -1.52. The van der Waals surface area contributed by atoms with Crippen molar-refractivity contribution in [3.05, 3.63) is 139 Å². The zero-order valence-electron chi connectivity index (χ0n) is 20.2. The normalized spacial score (nSPS) is 12.1. The van der Waals surface area contributed by atoms with E-state index in [1.165, 1.54) is 12.1 Å². The Bertz CT molecular complexity index is 1970. The highest BCUT2D eigenvalue weighted by Gasteiger charge is 2.36. The molecule has 0 aliphatic carbocycles. The fourth-order valence-corrected chi connectivity index (χ4v) is 8.85. The van der Waals surface area contributed by atoms with Crippen molar-refractivity contribution in [1.82, 2.24) is 0 Å². The number of benzene rings is 7. The van der Waals surface area contributed by atoms with Crippen LogP contribution in [-0.2, 0) is 4.57 Å². The topological polar surface area (TPSA) is 17.1 Å². The molecule has 0 atom stereocenters. The molecule has 0 bridgehead atoms. The first-order chi connectivity index (χ1) is 18.6. The third-order valence-electron chi connectivity index (χ3n) is 7.42. The molecule has 0 fully saturated rings. The van der Waals surface area contributed by atoms with Crippen molar-refractivity contribution >= 4 is 66.1 Å². The lowest BCUT2D eigenvalue weighted by Crippen LogP contribution is -2.28. The molecule has 182 valence electrons. The maximum Gasteiger partial charge on any atom is 0.175 e. The van der Waals surface area contributed by atoms with Gasteiger partial charge in [0.2, 0.25) is 0 Å². The standard InChI is InChI=1S/C34H21F2OP/c35-24-17-18-32(31(36)21-24)38(37,33-19-22-9-1-3-11-25(22)27-13-5-7-15-29(27)33)34-20-23-10-2-4-12-26(23)28-14-6-8-16-30(28)34/h1-21H. The van der Waals surface area contributed by atoms with Crippen LogP contribution in [0.5, 0.6) is 0 Å². The average molecular weight is 515 g/mol. The highest BCUT2D eigenvalue weighted by atomic mass is 31.2. The van der Waals surface area contributed by atoms with Gasteiger partial charge >= 0.3 is 0 Å². The summed E-state index contributed by atoms with van der Waals surface area (Å²) in [6.45, 7) is 0. The van der Waals surface area contributed by atoms with E-state index in [1.807, 2.05) is 109 Å². The van der Waals surface area contributed by atoms with E-state index < -0.39 is 18.8 Å². The second-order valence-electron chi connectivity index (χ2n) is 9.53. The van der Waals surface area contributed by atoms with Crippen LogP contribution in [0.3, 0.4) is 0 Å². The summed E-state index contributed by atoms with van der Waals surface area (Å²) in [5, 5.41) is 8.41. The number of rotatable bonds is 3. The molecule has 7 aromatic carbocycles. The Labute approximate surface area is 218 Å². The third-order valence-corrected chi connectivity index (χ3v) is 10.6. The third kappa shape index (κ3) is 3.32. The summed E-state index contributed by atoms with van der Waals surface area (Å²) in [6, 6.07) is 38.7. The molecule has 0 saturated carbocycles. The summed E-state index contributed by atoms with van der Waals surface area (Å²) in [6.07, 6.45) is 0. The molecular weight excluding hydrogens is 493 g/mol. The van der Waals surface area contributed by atoms with Crippen LogP contribution in [-0.4, -0.2) is 0 Å². The molecule has 0 heterocycles. The molecule has 0 radical (unpaired) electrons. The minimum absolute atomic E-state index is 0.000214. The molecule has 1 nitrogen and oxygen atoms in total. The Morgan fingerprint density at radius 3 is 1.32 bits per heavy atom. The van der Waals surface area contributed by atoms with Crippen LogP contribution < -0.4 is 15.9 Å². The number of hydrogen-bond acceptors (Lipinski definition) is 1. The van der Waals surface area contributed by atoms with Gasteiger partial charge in [-0.15, -0.1) is 0 Å². The number of hydrogen-bond donors (Lipinski definition) is 0. The van der Waals surface area contributed by atoms with Crippen molar-refractivity contribution in [2.75, 3.05) is 0 Å². The molecule has 4 heteroatoms. The summed E-state index contributed by atoms with van der Waals surface area (Å²) in [5.41, 5.74) is 0. The smallest absolute Gasteiger partial charge is 0.175 e. The van der Waals surface area contributed by atoms with Gasteiger partial charge in [0.05, 0.1) is 5.30 Å². The second kappa shape index (κ2) is 8.62. The fourth-order valence-electron chi connectivity index (χ4n) is 5.72. The lowest BCUT2D eigenvalue weighted by Gasteiger charge is -2.25. The molecule has 38 heavy (non-hydrogen) atoms. The van der Waals surface area contributed by atoms with Gasteiger partial charge in [0.25, 0.3) is 0 Å². The lowest BCUT2D eigenvalue weighted by molar-refractivity contribution is 0.580.